The molecule has 0 aliphatic rings. The van der Waals surface area contributed by atoms with Gasteiger partial charge in [0.05, 0.1) is 18.1 Å². The van der Waals surface area contributed by atoms with Gasteiger partial charge >= 0.3 is 0 Å². The third-order valence-electron chi connectivity index (χ3n) is 3.33. The molecule has 3 aromatic rings. The average molecular weight is 331 g/mol. The summed E-state index contributed by atoms with van der Waals surface area (Å²) in [4.78, 5) is 18.0. The molecule has 0 amide bonds. The normalized spacial score (nSPS) is 10.7. The van der Waals surface area contributed by atoms with Crippen molar-refractivity contribution in [2.45, 2.75) is 6.67 Å². The SMILES string of the molecule is CN(C)c1cncc(-c2cn(Cn3ccc(Cl)cc3=O)nn2)c1. The minimum atomic E-state index is -0.189. The molecule has 0 N–H and O–H groups in total. The molecule has 0 bridgehead atoms. The van der Waals surface area contributed by atoms with Crippen LogP contribution in [-0.4, -0.2) is 38.6 Å². The van der Waals surface area contributed by atoms with Crippen LogP contribution in [0.2, 0.25) is 5.02 Å². The zero-order chi connectivity index (χ0) is 16.4. The smallest absolute Gasteiger partial charge is 0.253 e. The standard InChI is InChI=1S/C15H15ClN6O/c1-20(2)13-5-11(7-17-8-13)14-9-22(19-18-14)10-21-4-3-12(16)6-15(21)23/h3-9H,10H2,1-2H3. The van der Waals surface area contributed by atoms with E-state index in [4.69, 9.17) is 11.6 Å². The number of anilines is 1. The summed E-state index contributed by atoms with van der Waals surface area (Å²) in [6.45, 7) is 0.268. The summed E-state index contributed by atoms with van der Waals surface area (Å²) in [5.41, 5.74) is 2.35. The van der Waals surface area contributed by atoms with Gasteiger partial charge in [-0.3, -0.25) is 14.3 Å². The van der Waals surface area contributed by atoms with E-state index in [0.717, 1.165) is 11.3 Å². The van der Waals surface area contributed by atoms with E-state index in [1.807, 2.05) is 25.1 Å². The molecule has 0 aliphatic heterocycles. The molecule has 0 atom stereocenters. The van der Waals surface area contributed by atoms with Gasteiger partial charge in [-0.05, 0) is 12.1 Å². The summed E-state index contributed by atoms with van der Waals surface area (Å²) in [5.74, 6) is 0. The van der Waals surface area contributed by atoms with Crippen molar-refractivity contribution in [3.05, 3.63) is 58.4 Å². The van der Waals surface area contributed by atoms with E-state index in [9.17, 15) is 4.79 Å². The third-order valence-corrected chi connectivity index (χ3v) is 3.57. The first kappa shape index (κ1) is 15.2. The quantitative estimate of drug-likeness (QED) is 0.728. The van der Waals surface area contributed by atoms with Crippen LogP contribution in [0.3, 0.4) is 0 Å². The molecule has 0 aromatic carbocycles. The van der Waals surface area contributed by atoms with Crippen LogP contribution in [0.4, 0.5) is 5.69 Å². The Morgan fingerprint density at radius 3 is 2.83 bits per heavy atom. The highest BCUT2D eigenvalue weighted by atomic mass is 35.5. The molecular formula is C15H15ClN6O. The summed E-state index contributed by atoms with van der Waals surface area (Å²) in [5, 5.41) is 8.62. The Labute approximate surface area is 137 Å². The van der Waals surface area contributed by atoms with Crippen molar-refractivity contribution >= 4 is 17.3 Å². The molecule has 0 saturated carbocycles. The first-order chi connectivity index (χ1) is 11.0. The van der Waals surface area contributed by atoms with Crippen LogP contribution in [0.15, 0.2) is 47.8 Å². The number of rotatable bonds is 4. The lowest BCUT2D eigenvalue weighted by atomic mass is 10.2. The van der Waals surface area contributed by atoms with E-state index in [1.54, 1.807) is 35.5 Å². The fraction of sp³-hybridized carbons (Fsp3) is 0.200. The van der Waals surface area contributed by atoms with E-state index >= 15 is 0 Å². The van der Waals surface area contributed by atoms with Crippen molar-refractivity contribution in [2.24, 2.45) is 0 Å². The molecule has 0 spiro atoms. The van der Waals surface area contributed by atoms with Gasteiger partial charge in [0.15, 0.2) is 0 Å². The van der Waals surface area contributed by atoms with Crippen LogP contribution >= 0.6 is 11.6 Å². The van der Waals surface area contributed by atoms with Crippen molar-refractivity contribution in [1.82, 2.24) is 24.5 Å². The summed E-state index contributed by atoms with van der Waals surface area (Å²) in [7, 11) is 3.90. The van der Waals surface area contributed by atoms with Crippen molar-refractivity contribution in [3.8, 4) is 11.3 Å². The largest absolute Gasteiger partial charge is 0.376 e. The maximum Gasteiger partial charge on any atom is 0.253 e. The molecule has 0 radical (unpaired) electrons. The van der Waals surface area contributed by atoms with E-state index in [-0.39, 0.29) is 12.2 Å². The second kappa shape index (κ2) is 6.21. The number of hydrogen-bond acceptors (Lipinski definition) is 5. The molecule has 0 fully saturated rings. The fourth-order valence-corrected chi connectivity index (χ4v) is 2.22. The molecule has 118 valence electrons. The molecule has 7 nitrogen and oxygen atoms in total. The Bertz CT molecular complexity index is 885. The Kier molecular flexibility index (Phi) is 4.12. The molecule has 0 saturated heterocycles. The lowest BCUT2D eigenvalue weighted by Crippen LogP contribution is -2.22. The van der Waals surface area contributed by atoms with Crippen LogP contribution < -0.4 is 10.5 Å². The second-order valence-electron chi connectivity index (χ2n) is 5.26. The van der Waals surface area contributed by atoms with Crippen LogP contribution in [0, 0.1) is 0 Å². The molecule has 0 aliphatic carbocycles. The Morgan fingerprint density at radius 2 is 2.09 bits per heavy atom. The molecule has 3 aromatic heterocycles. The maximum atomic E-state index is 11.8. The van der Waals surface area contributed by atoms with E-state index in [0.29, 0.717) is 10.7 Å². The molecule has 3 rings (SSSR count). The van der Waals surface area contributed by atoms with Crippen molar-refractivity contribution < 1.29 is 0 Å². The summed E-state index contributed by atoms with van der Waals surface area (Å²) < 4.78 is 3.09. The second-order valence-corrected chi connectivity index (χ2v) is 5.70. The summed E-state index contributed by atoms with van der Waals surface area (Å²) >= 11 is 5.79. The van der Waals surface area contributed by atoms with Gasteiger partial charge in [0.2, 0.25) is 0 Å². The Hall–Kier alpha value is -2.67. The topological polar surface area (TPSA) is 68.8 Å². The highest BCUT2D eigenvalue weighted by Gasteiger charge is 2.07. The van der Waals surface area contributed by atoms with Gasteiger partial charge < -0.3 is 4.90 Å². The summed E-state index contributed by atoms with van der Waals surface area (Å²) in [6.07, 6.45) is 6.91. The molecule has 23 heavy (non-hydrogen) atoms. The lowest BCUT2D eigenvalue weighted by molar-refractivity contribution is 0.518. The van der Waals surface area contributed by atoms with Crippen LogP contribution in [0.25, 0.3) is 11.3 Å². The van der Waals surface area contributed by atoms with Crippen LogP contribution in [0.1, 0.15) is 0 Å². The minimum absolute atomic E-state index is 0.189. The zero-order valence-electron chi connectivity index (χ0n) is 12.7. The van der Waals surface area contributed by atoms with E-state index in [1.165, 1.54) is 10.6 Å². The number of pyridine rings is 2. The fourth-order valence-electron chi connectivity index (χ4n) is 2.07. The van der Waals surface area contributed by atoms with Crippen LogP contribution in [-0.2, 0) is 6.67 Å². The number of nitrogens with zero attached hydrogens (tertiary/aromatic N) is 6. The number of halogens is 1. The van der Waals surface area contributed by atoms with Gasteiger partial charge in [0.25, 0.3) is 5.56 Å². The van der Waals surface area contributed by atoms with Gasteiger partial charge in [-0.15, -0.1) is 5.10 Å². The van der Waals surface area contributed by atoms with Gasteiger partial charge in [-0.25, -0.2) is 4.68 Å². The first-order valence-electron chi connectivity index (χ1n) is 6.92. The highest BCUT2D eigenvalue weighted by molar-refractivity contribution is 6.30. The lowest BCUT2D eigenvalue weighted by Gasteiger charge is -2.11. The minimum Gasteiger partial charge on any atom is -0.376 e. The predicted octanol–water partition coefficient (Wildman–Crippen LogP) is 1.73. The number of hydrogen-bond donors (Lipinski definition) is 0. The van der Waals surface area contributed by atoms with Gasteiger partial charge in [-0.2, -0.15) is 0 Å². The van der Waals surface area contributed by atoms with Crippen LogP contribution in [0.5, 0.6) is 0 Å². The van der Waals surface area contributed by atoms with Gasteiger partial charge in [0, 0.05) is 43.1 Å². The summed E-state index contributed by atoms with van der Waals surface area (Å²) in [6, 6.07) is 5.00. The number of aromatic nitrogens is 5. The first-order valence-corrected chi connectivity index (χ1v) is 7.29. The molecular weight excluding hydrogens is 316 g/mol. The zero-order valence-corrected chi connectivity index (χ0v) is 13.5. The van der Waals surface area contributed by atoms with E-state index in [2.05, 4.69) is 15.3 Å². The molecule has 3 heterocycles. The molecule has 0 unspecified atom stereocenters. The predicted molar refractivity (Wildman–Crippen MR) is 88.7 cm³/mol. The Morgan fingerprint density at radius 1 is 1.26 bits per heavy atom. The average Bonchev–Trinajstić information content (AvgIpc) is 2.99. The third kappa shape index (κ3) is 3.40. The van der Waals surface area contributed by atoms with E-state index < -0.39 is 0 Å². The van der Waals surface area contributed by atoms with Gasteiger partial charge in [0.1, 0.15) is 12.4 Å². The van der Waals surface area contributed by atoms with Crippen molar-refractivity contribution in [1.29, 1.82) is 0 Å². The Balaban J connectivity index is 1.86. The van der Waals surface area contributed by atoms with Crippen molar-refractivity contribution in [3.63, 3.8) is 0 Å². The van der Waals surface area contributed by atoms with Gasteiger partial charge in [-0.1, -0.05) is 16.8 Å². The van der Waals surface area contributed by atoms with Crippen molar-refractivity contribution in [2.75, 3.05) is 19.0 Å². The monoisotopic (exact) mass is 330 g/mol. The maximum absolute atomic E-state index is 11.8. The molecule has 8 heteroatoms. The highest BCUT2D eigenvalue weighted by Crippen LogP contribution is 2.20.